The molecule has 0 fully saturated rings. The van der Waals surface area contributed by atoms with Crippen molar-refractivity contribution in [3.63, 3.8) is 0 Å². The van der Waals surface area contributed by atoms with Crippen LogP contribution in [0.1, 0.15) is 5.89 Å². The first-order chi connectivity index (χ1) is 6.51. The third-order valence-electron chi connectivity index (χ3n) is 1.24. The van der Waals surface area contributed by atoms with Gasteiger partial charge in [-0.3, -0.25) is 0 Å². The molecule has 1 aromatic rings. The molecule has 14 heavy (non-hydrogen) atoms. The van der Waals surface area contributed by atoms with E-state index in [9.17, 15) is 8.42 Å². The Kier molecular flexibility index (Phi) is 3.67. The second-order valence-corrected chi connectivity index (χ2v) is 4.43. The maximum atomic E-state index is 10.5. The summed E-state index contributed by atoms with van der Waals surface area (Å²) < 4.78 is 26.0. The molecule has 0 unspecified atom stereocenters. The number of nitrogens with two attached hydrogens (primary N) is 1. The average Bonchev–Trinajstić information content (AvgIpc) is 2.50. The Bertz CT molecular complexity index is 389. The smallest absolute Gasteiger partial charge is 0.315 e. The van der Waals surface area contributed by atoms with Gasteiger partial charge in [0.2, 0.25) is 15.9 Å². The zero-order chi connectivity index (χ0) is 10.6. The first kappa shape index (κ1) is 11.2. The Morgan fingerprint density at radius 2 is 2.21 bits per heavy atom. The van der Waals surface area contributed by atoms with E-state index in [0.29, 0.717) is 0 Å². The molecule has 0 aliphatic heterocycles. The van der Waals surface area contributed by atoms with E-state index in [-0.39, 0.29) is 30.1 Å². The van der Waals surface area contributed by atoms with Crippen LogP contribution in [0.4, 0.5) is 6.01 Å². The van der Waals surface area contributed by atoms with Gasteiger partial charge in [0.25, 0.3) is 0 Å². The van der Waals surface area contributed by atoms with E-state index < -0.39 is 10.0 Å². The minimum atomic E-state index is -3.47. The number of sulfonamides is 1. The second kappa shape index (κ2) is 4.58. The summed E-state index contributed by atoms with van der Waals surface area (Å²) in [7, 11) is -3.47. The van der Waals surface area contributed by atoms with Crippen molar-refractivity contribution >= 4 is 27.6 Å². The molecule has 1 heterocycles. The van der Waals surface area contributed by atoms with Crippen LogP contribution < -0.4 is 10.5 Å². The molecule has 0 atom stereocenters. The summed E-state index contributed by atoms with van der Waals surface area (Å²) in [5, 5.41) is 14.5. The summed E-state index contributed by atoms with van der Waals surface area (Å²) in [6, 6.07) is 0.129. The maximum absolute atomic E-state index is 10.5. The molecule has 9 heteroatoms. The second-order valence-electron chi connectivity index (χ2n) is 2.43. The molecule has 1 rings (SSSR count). The molecule has 0 saturated heterocycles. The highest BCUT2D eigenvalue weighted by Gasteiger charge is 2.06. The van der Waals surface area contributed by atoms with E-state index in [2.05, 4.69) is 15.5 Å². The molecule has 1 aromatic heterocycles. The van der Waals surface area contributed by atoms with Crippen LogP contribution in [0.5, 0.6) is 0 Å². The van der Waals surface area contributed by atoms with Crippen molar-refractivity contribution < 1.29 is 12.8 Å². The van der Waals surface area contributed by atoms with Crippen molar-refractivity contribution in [1.29, 1.82) is 0 Å². The fourth-order valence-electron chi connectivity index (χ4n) is 0.679. The molecule has 0 amide bonds. The number of nitrogens with zero attached hydrogens (tertiary/aromatic N) is 2. The fourth-order valence-corrected chi connectivity index (χ4v) is 1.17. The molecular weight excluding hydrogens is 232 g/mol. The van der Waals surface area contributed by atoms with Gasteiger partial charge in [-0.05, 0) is 0 Å². The van der Waals surface area contributed by atoms with Gasteiger partial charge in [0, 0.05) is 6.54 Å². The van der Waals surface area contributed by atoms with Crippen LogP contribution in [-0.2, 0) is 15.9 Å². The zero-order valence-corrected chi connectivity index (χ0v) is 8.68. The van der Waals surface area contributed by atoms with Gasteiger partial charge in [-0.25, -0.2) is 13.6 Å². The Morgan fingerprint density at radius 1 is 1.50 bits per heavy atom. The molecular formula is C5H9ClN4O3S. The molecule has 0 radical (unpaired) electrons. The molecule has 0 aromatic carbocycles. The van der Waals surface area contributed by atoms with Crippen LogP contribution in [0.2, 0.25) is 0 Å². The third kappa shape index (κ3) is 3.90. The SMILES string of the molecule is NS(=O)(=O)CCNc1nnc(CCl)o1. The van der Waals surface area contributed by atoms with E-state index in [1.807, 2.05) is 0 Å². The Balaban J connectivity index is 2.39. The summed E-state index contributed by atoms with van der Waals surface area (Å²) in [5.74, 6) is 0.180. The summed E-state index contributed by atoms with van der Waals surface area (Å²) >= 11 is 5.41. The lowest BCUT2D eigenvalue weighted by Crippen LogP contribution is -2.22. The monoisotopic (exact) mass is 240 g/mol. The molecule has 3 N–H and O–H groups in total. The minimum absolute atomic E-state index is 0.114. The molecule has 0 saturated carbocycles. The first-order valence-corrected chi connectivity index (χ1v) is 5.89. The Hall–Kier alpha value is -0.860. The van der Waals surface area contributed by atoms with E-state index in [0.717, 1.165) is 0 Å². The largest absolute Gasteiger partial charge is 0.407 e. The highest BCUT2D eigenvalue weighted by molar-refractivity contribution is 7.89. The number of alkyl halides is 1. The molecule has 7 nitrogen and oxygen atoms in total. The summed E-state index contributed by atoms with van der Waals surface area (Å²) in [6.07, 6.45) is 0. The summed E-state index contributed by atoms with van der Waals surface area (Å²) in [4.78, 5) is 0. The molecule has 0 aliphatic carbocycles. The Morgan fingerprint density at radius 3 is 2.71 bits per heavy atom. The van der Waals surface area contributed by atoms with Gasteiger partial charge >= 0.3 is 6.01 Å². The first-order valence-electron chi connectivity index (χ1n) is 3.64. The molecule has 0 spiro atoms. The van der Waals surface area contributed by atoms with Crippen LogP contribution in [0.3, 0.4) is 0 Å². The van der Waals surface area contributed by atoms with Crippen LogP contribution in [-0.4, -0.2) is 30.9 Å². The normalized spacial score (nSPS) is 11.6. The quantitative estimate of drug-likeness (QED) is 0.672. The number of aromatic nitrogens is 2. The van der Waals surface area contributed by atoms with Crippen molar-refractivity contribution in [3.05, 3.63) is 5.89 Å². The topological polar surface area (TPSA) is 111 Å². The number of hydrogen-bond acceptors (Lipinski definition) is 6. The van der Waals surface area contributed by atoms with Crippen molar-refractivity contribution in [3.8, 4) is 0 Å². The number of nitrogens with one attached hydrogen (secondary N) is 1. The predicted octanol–water partition coefficient (Wildman–Crippen LogP) is -0.491. The van der Waals surface area contributed by atoms with E-state index in [1.165, 1.54) is 0 Å². The van der Waals surface area contributed by atoms with E-state index in [4.69, 9.17) is 21.2 Å². The highest BCUT2D eigenvalue weighted by atomic mass is 35.5. The molecule has 0 aliphatic rings. The standard InChI is InChI=1S/C5H9ClN4O3S/c6-3-4-9-10-5(13-4)8-1-2-14(7,11)12/h1-3H2,(H,8,10)(H2,7,11,12). The van der Waals surface area contributed by atoms with Gasteiger partial charge in [-0.2, -0.15) is 0 Å². The van der Waals surface area contributed by atoms with Crippen LogP contribution in [0, 0.1) is 0 Å². The summed E-state index contributed by atoms with van der Waals surface area (Å²) in [6.45, 7) is 0.114. The van der Waals surface area contributed by atoms with Crippen LogP contribution in [0.15, 0.2) is 4.42 Å². The number of hydrogen-bond donors (Lipinski definition) is 2. The average molecular weight is 241 g/mol. The van der Waals surface area contributed by atoms with Gasteiger partial charge < -0.3 is 9.73 Å². The van der Waals surface area contributed by atoms with Gasteiger partial charge in [0.1, 0.15) is 5.88 Å². The highest BCUT2D eigenvalue weighted by Crippen LogP contribution is 2.06. The fraction of sp³-hybridized carbons (Fsp3) is 0.600. The number of anilines is 1. The number of halogens is 1. The third-order valence-corrected chi connectivity index (χ3v) is 2.25. The van der Waals surface area contributed by atoms with Crippen molar-refractivity contribution in [2.45, 2.75) is 5.88 Å². The lowest BCUT2D eigenvalue weighted by atomic mass is 10.7. The number of rotatable bonds is 5. The van der Waals surface area contributed by atoms with Gasteiger partial charge in [-0.1, -0.05) is 5.10 Å². The van der Waals surface area contributed by atoms with Crippen LogP contribution in [0.25, 0.3) is 0 Å². The lowest BCUT2D eigenvalue weighted by Gasteiger charge is -1.98. The zero-order valence-electron chi connectivity index (χ0n) is 7.10. The summed E-state index contributed by atoms with van der Waals surface area (Å²) in [5.41, 5.74) is 0. The van der Waals surface area contributed by atoms with Gasteiger partial charge in [0.15, 0.2) is 0 Å². The van der Waals surface area contributed by atoms with E-state index in [1.54, 1.807) is 0 Å². The van der Waals surface area contributed by atoms with Crippen molar-refractivity contribution in [2.24, 2.45) is 5.14 Å². The maximum Gasteiger partial charge on any atom is 0.315 e. The predicted molar refractivity (Wildman–Crippen MR) is 50.3 cm³/mol. The van der Waals surface area contributed by atoms with Crippen molar-refractivity contribution in [1.82, 2.24) is 10.2 Å². The lowest BCUT2D eigenvalue weighted by molar-refractivity contribution is 0.526. The molecule has 80 valence electrons. The van der Waals surface area contributed by atoms with Crippen LogP contribution >= 0.6 is 11.6 Å². The Labute approximate surface area is 85.7 Å². The molecule has 0 bridgehead atoms. The van der Waals surface area contributed by atoms with Gasteiger partial charge in [-0.15, -0.1) is 16.7 Å². The van der Waals surface area contributed by atoms with E-state index >= 15 is 0 Å². The van der Waals surface area contributed by atoms with Gasteiger partial charge in [0.05, 0.1) is 5.75 Å². The minimum Gasteiger partial charge on any atom is -0.407 e. The van der Waals surface area contributed by atoms with Crippen molar-refractivity contribution in [2.75, 3.05) is 17.6 Å². The number of primary sulfonamides is 1.